The van der Waals surface area contributed by atoms with Crippen LogP contribution in [0.25, 0.3) is 21.7 Å². The van der Waals surface area contributed by atoms with Gasteiger partial charge in [-0.15, -0.1) is 10.2 Å². The average Bonchev–Trinajstić information content (AvgIpc) is 3.03. The smallest absolute Gasteiger partial charge is 0.220 e. The molecule has 0 fully saturated rings. The van der Waals surface area contributed by atoms with E-state index < -0.39 is 0 Å². The van der Waals surface area contributed by atoms with Gasteiger partial charge in [-0.1, -0.05) is 65.9 Å². The van der Waals surface area contributed by atoms with E-state index >= 15 is 0 Å². The first kappa shape index (κ1) is 14.7. The average molecular weight is 310 g/mol. The molecule has 0 saturated heterocycles. The molecule has 2 N–H and O–H groups in total. The Morgan fingerprint density at radius 3 is 2.27 bits per heavy atom. The summed E-state index contributed by atoms with van der Waals surface area (Å²) in [5, 5.41) is 10.2. The molecule has 1 heterocycles. The van der Waals surface area contributed by atoms with Crippen molar-refractivity contribution in [2.45, 2.75) is 19.9 Å². The van der Waals surface area contributed by atoms with Crippen molar-refractivity contribution < 1.29 is 0 Å². The molecule has 0 aliphatic carbocycles. The number of hydrogen-bond acceptors (Lipinski definition) is 5. The van der Waals surface area contributed by atoms with Crippen molar-refractivity contribution >= 4 is 16.5 Å². The van der Waals surface area contributed by atoms with Crippen LogP contribution < -0.4 is 10.9 Å². The summed E-state index contributed by atoms with van der Waals surface area (Å²) in [4.78, 5) is 0. The summed E-state index contributed by atoms with van der Waals surface area (Å²) < 4.78 is 0. The summed E-state index contributed by atoms with van der Waals surface area (Å²) in [6, 6.07) is 19.0. The van der Waals surface area contributed by atoms with Gasteiger partial charge in [0.2, 0.25) is 5.13 Å². The molecule has 0 aliphatic rings. The minimum absolute atomic E-state index is 0.337. The van der Waals surface area contributed by atoms with Gasteiger partial charge in [-0.2, -0.15) is 0 Å². The number of benzene rings is 2. The molecule has 0 aliphatic heterocycles. The monoisotopic (exact) mass is 310 g/mol. The number of aromatic nitrogens is 2. The molecule has 0 amide bonds. The SMILES string of the molecule is CC(C)NNc1nnc(-c2ccccc2-c2ccccc2)s1. The minimum Gasteiger partial charge on any atom is -0.295 e. The zero-order chi connectivity index (χ0) is 15.4. The fourth-order valence-corrected chi connectivity index (χ4v) is 2.87. The molecule has 0 saturated carbocycles. The highest BCUT2D eigenvalue weighted by Gasteiger charge is 2.11. The lowest BCUT2D eigenvalue weighted by Gasteiger charge is -2.07. The van der Waals surface area contributed by atoms with Crippen LogP contribution in [0.5, 0.6) is 0 Å². The quantitative estimate of drug-likeness (QED) is 0.694. The number of anilines is 1. The highest BCUT2D eigenvalue weighted by molar-refractivity contribution is 7.18. The summed E-state index contributed by atoms with van der Waals surface area (Å²) in [7, 11) is 0. The van der Waals surface area contributed by atoms with E-state index in [1.807, 2.05) is 30.3 Å². The Kier molecular flexibility index (Phi) is 4.46. The number of nitrogens with zero attached hydrogens (tertiary/aromatic N) is 2. The van der Waals surface area contributed by atoms with Crippen LogP contribution in [-0.4, -0.2) is 16.2 Å². The van der Waals surface area contributed by atoms with Gasteiger partial charge < -0.3 is 0 Å². The fraction of sp³-hybridized carbons (Fsp3) is 0.176. The van der Waals surface area contributed by atoms with Crippen LogP contribution in [0.1, 0.15) is 13.8 Å². The maximum absolute atomic E-state index is 4.32. The van der Waals surface area contributed by atoms with Crippen LogP contribution in [0.15, 0.2) is 54.6 Å². The van der Waals surface area contributed by atoms with Gasteiger partial charge in [0.25, 0.3) is 0 Å². The van der Waals surface area contributed by atoms with Gasteiger partial charge in [0.1, 0.15) is 5.01 Å². The third-order valence-electron chi connectivity index (χ3n) is 3.14. The van der Waals surface area contributed by atoms with E-state index in [0.29, 0.717) is 6.04 Å². The molecule has 3 aromatic rings. The largest absolute Gasteiger partial charge is 0.295 e. The predicted molar refractivity (Wildman–Crippen MR) is 92.7 cm³/mol. The number of hydrogen-bond donors (Lipinski definition) is 2. The Bertz CT molecular complexity index is 737. The standard InChI is InChI=1S/C17H18N4S/c1-12(2)18-20-17-21-19-16(22-17)15-11-7-6-10-14(15)13-8-4-3-5-9-13/h3-12,18H,1-2H3,(H,20,21). The van der Waals surface area contributed by atoms with Crippen molar-refractivity contribution in [1.29, 1.82) is 0 Å². The molecule has 0 spiro atoms. The van der Waals surface area contributed by atoms with E-state index in [-0.39, 0.29) is 0 Å². The molecule has 22 heavy (non-hydrogen) atoms. The maximum Gasteiger partial charge on any atom is 0.220 e. The number of nitrogens with one attached hydrogen (secondary N) is 2. The third-order valence-corrected chi connectivity index (χ3v) is 4.01. The van der Waals surface area contributed by atoms with E-state index in [2.05, 4.69) is 59.2 Å². The van der Waals surface area contributed by atoms with Gasteiger partial charge >= 0.3 is 0 Å². The zero-order valence-corrected chi connectivity index (χ0v) is 13.4. The van der Waals surface area contributed by atoms with Gasteiger partial charge in [-0.3, -0.25) is 5.43 Å². The van der Waals surface area contributed by atoms with Crippen molar-refractivity contribution in [3.05, 3.63) is 54.6 Å². The Hall–Kier alpha value is -2.24. The molecule has 0 radical (unpaired) electrons. The molecule has 3 rings (SSSR count). The van der Waals surface area contributed by atoms with Gasteiger partial charge in [-0.25, -0.2) is 5.43 Å². The summed E-state index contributed by atoms with van der Waals surface area (Å²) in [6.07, 6.45) is 0. The van der Waals surface area contributed by atoms with E-state index in [1.165, 1.54) is 11.1 Å². The molecule has 0 bridgehead atoms. The molecule has 2 aromatic carbocycles. The first-order valence-electron chi connectivity index (χ1n) is 7.24. The van der Waals surface area contributed by atoms with Gasteiger partial charge in [0, 0.05) is 11.6 Å². The Balaban J connectivity index is 1.93. The number of rotatable bonds is 5. The van der Waals surface area contributed by atoms with E-state index in [1.54, 1.807) is 11.3 Å². The Labute approximate surface area is 134 Å². The second-order valence-electron chi connectivity index (χ2n) is 5.25. The second kappa shape index (κ2) is 6.68. The Morgan fingerprint density at radius 1 is 0.864 bits per heavy atom. The molecular weight excluding hydrogens is 292 g/mol. The lowest BCUT2D eigenvalue weighted by molar-refractivity contribution is 0.658. The predicted octanol–water partition coefficient (Wildman–Crippen LogP) is 4.20. The Morgan fingerprint density at radius 2 is 1.55 bits per heavy atom. The zero-order valence-electron chi connectivity index (χ0n) is 12.6. The van der Waals surface area contributed by atoms with E-state index in [0.717, 1.165) is 15.7 Å². The van der Waals surface area contributed by atoms with Gasteiger partial charge in [0.05, 0.1) is 0 Å². The van der Waals surface area contributed by atoms with E-state index in [4.69, 9.17) is 0 Å². The fourth-order valence-electron chi connectivity index (χ4n) is 2.13. The third kappa shape index (κ3) is 3.32. The van der Waals surface area contributed by atoms with Crippen LogP contribution >= 0.6 is 11.3 Å². The summed E-state index contributed by atoms with van der Waals surface area (Å²) in [5.41, 5.74) is 9.67. The molecule has 112 valence electrons. The topological polar surface area (TPSA) is 49.8 Å². The number of hydrazine groups is 1. The maximum atomic E-state index is 4.32. The molecule has 4 nitrogen and oxygen atoms in total. The van der Waals surface area contributed by atoms with Crippen molar-refractivity contribution in [2.75, 3.05) is 5.43 Å². The molecule has 5 heteroatoms. The molecule has 0 atom stereocenters. The highest BCUT2D eigenvalue weighted by atomic mass is 32.1. The van der Waals surface area contributed by atoms with Crippen molar-refractivity contribution in [3.8, 4) is 21.7 Å². The lowest BCUT2D eigenvalue weighted by Crippen LogP contribution is -2.28. The van der Waals surface area contributed by atoms with Crippen molar-refractivity contribution in [2.24, 2.45) is 0 Å². The minimum atomic E-state index is 0.337. The lowest BCUT2D eigenvalue weighted by atomic mass is 10.0. The van der Waals surface area contributed by atoms with Crippen LogP contribution in [0, 0.1) is 0 Å². The summed E-state index contributed by atoms with van der Waals surface area (Å²) in [6.45, 7) is 4.14. The summed E-state index contributed by atoms with van der Waals surface area (Å²) >= 11 is 1.54. The normalized spacial score (nSPS) is 10.9. The van der Waals surface area contributed by atoms with Crippen molar-refractivity contribution in [1.82, 2.24) is 15.6 Å². The second-order valence-corrected chi connectivity index (χ2v) is 6.23. The van der Waals surface area contributed by atoms with Crippen LogP contribution in [0.3, 0.4) is 0 Å². The molecule has 0 unspecified atom stereocenters. The van der Waals surface area contributed by atoms with Gasteiger partial charge in [-0.05, 0) is 25.0 Å². The first-order chi connectivity index (χ1) is 10.7. The highest BCUT2D eigenvalue weighted by Crippen LogP contribution is 2.34. The van der Waals surface area contributed by atoms with Crippen molar-refractivity contribution in [3.63, 3.8) is 0 Å². The molecular formula is C17H18N4S. The van der Waals surface area contributed by atoms with E-state index in [9.17, 15) is 0 Å². The summed E-state index contributed by atoms with van der Waals surface area (Å²) in [5.74, 6) is 0. The van der Waals surface area contributed by atoms with Crippen LogP contribution in [0.4, 0.5) is 5.13 Å². The van der Waals surface area contributed by atoms with Gasteiger partial charge in [0.15, 0.2) is 0 Å². The first-order valence-corrected chi connectivity index (χ1v) is 8.05. The van der Waals surface area contributed by atoms with Crippen LogP contribution in [-0.2, 0) is 0 Å². The van der Waals surface area contributed by atoms with Crippen LogP contribution in [0.2, 0.25) is 0 Å². The molecule has 1 aromatic heterocycles.